The van der Waals surface area contributed by atoms with Crippen LogP contribution < -0.4 is 5.32 Å². The van der Waals surface area contributed by atoms with Gasteiger partial charge in [0.2, 0.25) is 5.91 Å². The quantitative estimate of drug-likeness (QED) is 0.455. The molecular formula is C23H28BrN3O. The lowest BCUT2D eigenvalue weighted by Crippen LogP contribution is -2.31. The highest BCUT2D eigenvalue weighted by Crippen LogP contribution is 2.20. The van der Waals surface area contributed by atoms with Crippen LogP contribution in [0.3, 0.4) is 0 Å². The predicted molar refractivity (Wildman–Crippen MR) is 118 cm³/mol. The van der Waals surface area contributed by atoms with Gasteiger partial charge in [-0.25, -0.2) is 4.98 Å². The second-order valence-electron chi connectivity index (χ2n) is 7.14. The van der Waals surface area contributed by atoms with E-state index < -0.39 is 0 Å². The van der Waals surface area contributed by atoms with Crippen molar-refractivity contribution in [3.63, 3.8) is 0 Å². The fourth-order valence-electron chi connectivity index (χ4n) is 3.53. The molecule has 0 bridgehead atoms. The predicted octanol–water partition coefficient (Wildman–Crippen LogP) is 5.33. The highest BCUT2D eigenvalue weighted by atomic mass is 79.9. The molecule has 0 aliphatic heterocycles. The van der Waals surface area contributed by atoms with Crippen molar-refractivity contribution in [2.75, 3.05) is 6.54 Å². The Morgan fingerprint density at radius 3 is 2.54 bits per heavy atom. The van der Waals surface area contributed by atoms with Crippen molar-refractivity contribution < 1.29 is 4.79 Å². The van der Waals surface area contributed by atoms with Crippen LogP contribution in [0.25, 0.3) is 11.0 Å². The Labute approximate surface area is 175 Å². The summed E-state index contributed by atoms with van der Waals surface area (Å²) in [5, 5.41) is 3.08. The monoisotopic (exact) mass is 441 g/mol. The first kappa shape index (κ1) is 20.6. The highest BCUT2D eigenvalue weighted by Gasteiger charge is 2.14. The summed E-state index contributed by atoms with van der Waals surface area (Å²) in [5.41, 5.74) is 3.42. The number of amides is 1. The minimum absolute atomic E-state index is 0.127. The Bertz CT molecular complexity index is 913. The van der Waals surface area contributed by atoms with Crippen LogP contribution in [-0.4, -0.2) is 22.0 Å². The van der Waals surface area contributed by atoms with Crippen molar-refractivity contribution >= 4 is 32.9 Å². The molecule has 148 valence electrons. The number of carbonyl (C=O) groups excluding carboxylic acids is 1. The Morgan fingerprint density at radius 2 is 1.82 bits per heavy atom. The summed E-state index contributed by atoms with van der Waals surface area (Å²) in [4.78, 5) is 17.0. The molecule has 0 radical (unpaired) electrons. The number of nitrogens with zero attached hydrogens (tertiary/aromatic N) is 2. The number of aryl methyl sites for hydroxylation is 1. The molecule has 1 amide bonds. The summed E-state index contributed by atoms with van der Waals surface area (Å²) in [6, 6.07) is 16.7. The van der Waals surface area contributed by atoms with E-state index in [-0.39, 0.29) is 11.8 Å². The maximum atomic E-state index is 12.2. The number of hydrogen-bond acceptors (Lipinski definition) is 2. The van der Waals surface area contributed by atoms with Crippen LogP contribution in [0.15, 0.2) is 53.0 Å². The zero-order chi connectivity index (χ0) is 19.9. The molecule has 1 N–H and O–H groups in total. The average Bonchev–Trinajstić information content (AvgIpc) is 3.05. The van der Waals surface area contributed by atoms with Crippen molar-refractivity contribution in [3.8, 4) is 0 Å². The molecule has 3 aromatic rings. The van der Waals surface area contributed by atoms with Crippen LogP contribution in [0.1, 0.15) is 44.5 Å². The lowest BCUT2D eigenvalue weighted by atomic mass is 10.0. The number of nitrogens with one attached hydrogen (secondary N) is 1. The van der Waals surface area contributed by atoms with E-state index in [9.17, 15) is 4.79 Å². The highest BCUT2D eigenvalue weighted by molar-refractivity contribution is 9.10. The normalized spacial score (nSPS) is 11.3. The number of aromatic nitrogens is 2. The van der Waals surface area contributed by atoms with Crippen LogP contribution in [0.4, 0.5) is 0 Å². The van der Waals surface area contributed by atoms with Crippen molar-refractivity contribution in [1.82, 2.24) is 14.9 Å². The van der Waals surface area contributed by atoms with E-state index >= 15 is 0 Å². The van der Waals surface area contributed by atoms with E-state index in [1.54, 1.807) is 0 Å². The maximum Gasteiger partial charge on any atom is 0.223 e. The van der Waals surface area contributed by atoms with Crippen molar-refractivity contribution in [2.24, 2.45) is 5.92 Å². The van der Waals surface area contributed by atoms with Gasteiger partial charge in [-0.05, 0) is 49.1 Å². The number of para-hydroxylation sites is 2. The van der Waals surface area contributed by atoms with Gasteiger partial charge in [0, 0.05) is 29.9 Å². The largest absolute Gasteiger partial charge is 0.356 e. The average molecular weight is 442 g/mol. The molecule has 1 aromatic heterocycles. The zero-order valence-corrected chi connectivity index (χ0v) is 18.2. The summed E-state index contributed by atoms with van der Waals surface area (Å²) < 4.78 is 3.38. The van der Waals surface area contributed by atoms with Crippen molar-refractivity contribution in [2.45, 2.75) is 46.1 Å². The Morgan fingerprint density at radius 1 is 1.11 bits per heavy atom. The lowest BCUT2D eigenvalue weighted by molar-refractivity contribution is -0.125. The number of benzene rings is 2. The fraction of sp³-hybridized carbons (Fsp3) is 0.391. The second kappa shape index (κ2) is 9.87. The zero-order valence-electron chi connectivity index (χ0n) is 16.6. The maximum absolute atomic E-state index is 12.2. The number of halogens is 1. The summed E-state index contributed by atoms with van der Waals surface area (Å²) in [6.07, 6.45) is 3.51. The standard InChI is InChI=1S/C23H28BrN3O/c1-3-18(4-2)23(28)25-15-7-10-22-26-20-8-5-6-9-21(20)27(22)16-17-11-13-19(24)14-12-17/h5-6,8-9,11-14,18H,3-4,7,10,15-16H2,1-2H3,(H,25,28). The van der Waals surface area contributed by atoms with Gasteiger partial charge in [-0.1, -0.05) is 54.0 Å². The molecular weight excluding hydrogens is 414 g/mol. The van der Waals surface area contributed by atoms with E-state index in [0.29, 0.717) is 6.54 Å². The molecule has 2 aromatic carbocycles. The first-order valence-electron chi connectivity index (χ1n) is 10.1. The van der Waals surface area contributed by atoms with Gasteiger partial charge in [0.05, 0.1) is 11.0 Å². The van der Waals surface area contributed by atoms with Gasteiger partial charge in [0.25, 0.3) is 0 Å². The molecule has 0 aliphatic carbocycles. The van der Waals surface area contributed by atoms with Crippen LogP contribution in [0.5, 0.6) is 0 Å². The van der Waals surface area contributed by atoms with Gasteiger partial charge in [0.15, 0.2) is 0 Å². The number of hydrogen-bond donors (Lipinski definition) is 1. The number of fused-ring (bicyclic) bond motifs is 1. The minimum atomic E-state index is 0.127. The van der Waals surface area contributed by atoms with Crippen molar-refractivity contribution in [1.29, 1.82) is 0 Å². The Kier molecular flexibility index (Phi) is 7.26. The molecule has 0 unspecified atom stereocenters. The van der Waals surface area contributed by atoms with Crippen LogP contribution in [0.2, 0.25) is 0 Å². The number of carbonyl (C=O) groups is 1. The topological polar surface area (TPSA) is 46.9 Å². The summed E-state index contributed by atoms with van der Waals surface area (Å²) in [5.74, 6) is 1.37. The fourth-order valence-corrected chi connectivity index (χ4v) is 3.79. The van der Waals surface area contributed by atoms with E-state index in [4.69, 9.17) is 4.98 Å². The van der Waals surface area contributed by atoms with Gasteiger partial charge < -0.3 is 9.88 Å². The first-order valence-corrected chi connectivity index (χ1v) is 10.9. The number of imidazole rings is 1. The van der Waals surface area contributed by atoms with Gasteiger partial charge in [-0.2, -0.15) is 0 Å². The van der Waals surface area contributed by atoms with E-state index in [1.807, 2.05) is 6.07 Å². The van der Waals surface area contributed by atoms with Gasteiger partial charge in [-0.3, -0.25) is 4.79 Å². The molecule has 4 nitrogen and oxygen atoms in total. The molecule has 0 aliphatic rings. The molecule has 28 heavy (non-hydrogen) atoms. The molecule has 0 saturated carbocycles. The van der Waals surface area contributed by atoms with Crippen LogP contribution >= 0.6 is 15.9 Å². The van der Waals surface area contributed by atoms with Crippen LogP contribution in [-0.2, 0) is 17.8 Å². The van der Waals surface area contributed by atoms with Crippen LogP contribution in [0, 0.1) is 5.92 Å². The third kappa shape index (κ3) is 5.02. The summed E-state index contributed by atoms with van der Waals surface area (Å²) in [7, 11) is 0. The molecule has 0 saturated heterocycles. The van der Waals surface area contributed by atoms with E-state index in [0.717, 1.165) is 53.6 Å². The Hall–Kier alpha value is -2.14. The van der Waals surface area contributed by atoms with Gasteiger partial charge in [-0.15, -0.1) is 0 Å². The molecule has 0 atom stereocenters. The van der Waals surface area contributed by atoms with E-state index in [1.165, 1.54) is 5.56 Å². The molecule has 0 spiro atoms. The smallest absolute Gasteiger partial charge is 0.223 e. The van der Waals surface area contributed by atoms with Crippen molar-refractivity contribution in [3.05, 3.63) is 64.4 Å². The first-order chi connectivity index (χ1) is 13.6. The SMILES string of the molecule is CCC(CC)C(=O)NCCCc1nc2ccccc2n1Cc1ccc(Br)cc1. The van der Waals surface area contributed by atoms with Gasteiger partial charge >= 0.3 is 0 Å². The third-order valence-electron chi connectivity index (χ3n) is 5.22. The summed E-state index contributed by atoms with van der Waals surface area (Å²) in [6.45, 7) is 5.62. The summed E-state index contributed by atoms with van der Waals surface area (Å²) >= 11 is 3.50. The molecule has 3 rings (SSSR count). The third-order valence-corrected chi connectivity index (χ3v) is 5.75. The van der Waals surface area contributed by atoms with Gasteiger partial charge in [0.1, 0.15) is 5.82 Å². The second-order valence-corrected chi connectivity index (χ2v) is 8.05. The molecule has 1 heterocycles. The lowest BCUT2D eigenvalue weighted by Gasteiger charge is -2.13. The Balaban J connectivity index is 1.70. The molecule has 0 fully saturated rings. The minimum Gasteiger partial charge on any atom is -0.356 e. The molecule has 5 heteroatoms. The number of rotatable bonds is 9. The van der Waals surface area contributed by atoms with E-state index in [2.05, 4.69) is 82.1 Å².